The summed E-state index contributed by atoms with van der Waals surface area (Å²) >= 11 is 0. The highest BCUT2D eigenvalue weighted by molar-refractivity contribution is 6.05. The molecule has 5 rings (SSSR count). The van der Waals surface area contributed by atoms with Gasteiger partial charge >= 0.3 is 5.97 Å². The van der Waals surface area contributed by atoms with Crippen molar-refractivity contribution in [1.29, 1.82) is 0 Å². The number of carbonyl (C=O) groups is 2. The standard InChI is InChI=1S/C30H38N2O3/c1-30(2,3)35-29(34)25-11-7-6-10-24(25)28(33)31-21-14-12-20(13-15-21)18-19-32-26-16-17-27(32)23-9-5-4-8-22(23)26/h4-11,20-21,26-27H,12-19H2,1-3H3,(H,31,33). The molecule has 1 saturated carbocycles. The zero-order valence-corrected chi connectivity index (χ0v) is 21.3. The van der Waals surface area contributed by atoms with E-state index < -0.39 is 11.6 Å². The lowest BCUT2D eigenvalue weighted by molar-refractivity contribution is 0.00674. The van der Waals surface area contributed by atoms with E-state index in [-0.39, 0.29) is 11.9 Å². The monoisotopic (exact) mass is 474 g/mol. The Labute approximate surface area is 209 Å². The molecule has 0 aromatic heterocycles. The average molecular weight is 475 g/mol. The maximum absolute atomic E-state index is 13.0. The van der Waals surface area contributed by atoms with E-state index >= 15 is 0 Å². The minimum absolute atomic E-state index is 0.165. The van der Waals surface area contributed by atoms with Crippen molar-refractivity contribution in [3.63, 3.8) is 0 Å². The summed E-state index contributed by atoms with van der Waals surface area (Å²) in [6.07, 6.45) is 8.12. The van der Waals surface area contributed by atoms with Gasteiger partial charge in [-0.3, -0.25) is 9.69 Å². The van der Waals surface area contributed by atoms with Crippen LogP contribution in [0.25, 0.3) is 0 Å². The van der Waals surface area contributed by atoms with Gasteiger partial charge in [0, 0.05) is 18.1 Å². The van der Waals surface area contributed by atoms with E-state index in [1.165, 1.54) is 25.8 Å². The van der Waals surface area contributed by atoms with Crippen LogP contribution < -0.4 is 5.32 Å². The lowest BCUT2D eigenvalue weighted by atomic mass is 9.84. The Bertz CT molecular complexity index is 1050. The maximum atomic E-state index is 13.0. The van der Waals surface area contributed by atoms with Crippen LogP contribution in [0.5, 0.6) is 0 Å². The molecular weight excluding hydrogens is 436 g/mol. The van der Waals surface area contributed by atoms with Crippen LogP contribution in [0.3, 0.4) is 0 Å². The fourth-order valence-electron chi connectivity index (χ4n) is 6.34. The van der Waals surface area contributed by atoms with Crippen LogP contribution in [-0.2, 0) is 4.74 Å². The van der Waals surface area contributed by atoms with Gasteiger partial charge in [0.1, 0.15) is 5.60 Å². The molecule has 2 bridgehead atoms. The van der Waals surface area contributed by atoms with Crippen molar-refractivity contribution in [3.05, 3.63) is 70.8 Å². The van der Waals surface area contributed by atoms with Crippen LogP contribution in [0.15, 0.2) is 48.5 Å². The first kappa shape index (κ1) is 24.1. The second-order valence-electron chi connectivity index (χ2n) is 11.5. The number of amides is 1. The summed E-state index contributed by atoms with van der Waals surface area (Å²) in [5.74, 6) is 0.0895. The molecule has 1 amide bonds. The number of esters is 1. The molecule has 2 aromatic carbocycles. The van der Waals surface area contributed by atoms with Gasteiger partial charge in [-0.15, -0.1) is 0 Å². The third kappa shape index (κ3) is 5.16. The molecule has 1 N–H and O–H groups in total. The number of fused-ring (bicyclic) bond motifs is 5. The summed E-state index contributed by atoms with van der Waals surface area (Å²) in [6.45, 7) is 6.67. The van der Waals surface area contributed by atoms with Crippen molar-refractivity contribution in [2.75, 3.05) is 6.54 Å². The molecule has 186 valence electrons. The van der Waals surface area contributed by atoms with Gasteiger partial charge in [0.05, 0.1) is 11.1 Å². The Kier molecular flexibility index (Phi) is 6.71. The molecule has 0 spiro atoms. The normalized spacial score (nSPS) is 25.8. The van der Waals surface area contributed by atoms with Crippen molar-refractivity contribution in [2.24, 2.45) is 5.92 Å². The van der Waals surface area contributed by atoms with Crippen LogP contribution in [0, 0.1) is 5.92 Å². The van der Waals surface area contributed by atoms with E-state index in [1.807, 2.05) is 20.8 Å². The SMILES string of the molecule is CC(C)(C)OC(=O)c1ccccc1C(=O)NC1CCC(CCN2C3CCC2c2ccccc23)CC1. The van der Waals surface area contributed by atoms with Crippen molar-refractivity contribution < 1.29 is 14.3 Å². The first-order valence-electron chi connectivity index (χ1n) is 13.3. The van der Waals surface area contributed by atoms with Crippen LogP contribution in [0.2, 0.25) is 0 Å². The van der Waals surface area contributed by atoms with E-state index in [1.54, 1.807) is 35.4 Å². The Hall–Kier alpha value is -2.66. The highest BCUT2D eigenvalue weighted by atomic mass is 16.6. The van der Waals surface area contributed by atoms with Crippen molar-refractivity contribution in [3.8, 4) is 0 Å². The first-order chi connectivity index (χ1) is 16.8. The van der Waals surface area contributed by atoms with E-state index in [0.29, 0.717) is 23.2 Å². The third-order valence-electron chi connectivity index (χ3n) is 8.00. The number of nitrogens with one attached hydrogen (secondary N) is 1. The summed E-state index contributed by atoms with van der Waals surface area (Å²) in [7, 11) is 0. The fourth-order valence-corrected chi connectivity index (χ4v) is 6.34. The number of hydrogen-bond donors (Lipinski definition) is 1. The van der Waals surface area contributed by atoms with Gasteiger partial charge in [0.2, 0.25) is 0 Å². The van der Waals surface area contributed by atoms with Gasteiger partial charge in [-0.2, -0.15) is 0 Å². The first-order valence-corrected chi connectivity index (χ1v) is 13.3. The zero-order valence-electron chi connectivity index (χ0n) is 21.3. The molecule has 5 heteroatoms. The predicted molar refractivity (Wildman–Crippen MR) is 137 cm³/mol. The minimum atomic E-state index is -0.601. The molecular formula is C30H38N2O3. The molecule has 0 radical (unpaired) electrons. The third-order valence-corrected chi connectivity index (χ3v) is 8.00. The second kappa shape index (κ2) is 9.77. The van der Waals surface area contributed by atoms with E-state index in [9.17, 15) is 9.59 Å². The quantitative estimate of drug-likeness (QED) is 0.506. The highest BCUT2D eigenvalue weighted by Crippen LogP contribution is 2.53. The number of hydrogen-bond acceptors (Lipinski definition) is 4. The van der Waals surface area contributed by atoms with Crippen LogP contribution in [0.4, 0.5) is 0 Å². The molecule has 1 aliphatic carbocycles. The Morgan fingerprint density at radius 1 is 0.857 bits per heavy atom. The number of benzene rings is 2. The molecule has 3 aliphatic rings. The number of carbonyl (C=O) groups excluding carboxylic acids is 2. The van der Waals surface area contributed by atoms with Crippen LogP contribution in [-0.4, -0.2) is 35.0 Å². The van der Waals surface area contributed by atoms with E-state index in [4.69, 9.17) is 4.74 Å². The number of rotatable bonds is 6. The molecule has 5 nitrogen and oxygen atoms in total. The Morgan fingerprint density at radius 3 is 2.03 bits per heavy atom. The topological polar surface area (TPSA) is 58.6 Å². The minimum Gasteiger partial charge on any atom is -0.456 e. The summed E-state index contributed by atoms with van der Waals surface area (Å²) in [6, 6.07) is 17.4. The molecule has 2 aliphatic heterocycles. The molecule has 2 fully saturated rings. The maximum Gasteiger partial charge on any atom is 0.339 e. The molecule has 2 unspecified atom stereocenters. The summed E-state index contributed by atoms with van der Waals surface area (Å²) in [5.41, 5.74) is 3.24. The summed E-state index contributed by atoms with van der Waals surface area (Å²) in [5, 5.41) is 3.19. The number of nitrogens with zero attached hydrogens (tertiary/aromatic N) is 1. The molecule has 2 atom stereocenters. The lowest BCUT2D eigenvalue weighted by Crippen LogP contribution is -2.38. The molecule has 2 aromatic rings. The van der Waals surface area contributed by atoms with Gasteiger partial charge in [0.15, 0.2) is 0 Å². The van der Waals surface area contributed by atoms with Crippen molar-refractivity contribution >= 4 is 11.9 Å². The van der Waals surface area contributed by atoms with Gasteiger partial charge in [-0.05, 0) is 101 Å². The predicted octanol–water partition coefficient (Wildman–Crippen LogP) is 6.21. The summed E-state index contributed by atoms with van der Waals surface area (Å²) < 4.78 is 5.50. The summed E-state index contributed by atoms with van der Waals surface area (Å²) in [4.78, 5) is 28.4. The number of ether oxygens (including phenoxy) is 1. The average Bonchev–Trinajstić information content (AvgIpc) is 3.39. The van der Waals surface area contributed by atoms with Crippen LogP contribution in [0.1, 0.15) is 110 Å². The van der Waals surface area contributed by atoms with E-state index in [2.05, 4.69) is 34.5 Å². The fraction of sp³-hybridized carbons (Fsp3) is 0.533. The van der Waals surface area contributed by atoms with E-state index in [0.717, 1.165) is 31.6 Å². The lowest BCUT2D eigenvalue weighted by Gasteiger charge is -2.31. The highest BCUT2D eigenvalue weighted by Gasteiger charge is 2.43. The molecule has 35 heavy (non-hydrogen) atoms. The zero-order chi connectivity index (χ0) is 24.6. The largest absolute Gasteiger partial charge is 0.456 e. The Balaban J connectivity index is 1.11. The Morgan fingerprint density at radius 2 is 1.43 bits per heavy atom. The van der Waals surface area contributed by atoms with Gasteiger partial charge in [-0.25, -0.2) is 4.79 Å². The van der Waals surface area contributed by atoms with Gasteiger partial charge in [-0.1, -0.05) is 36.4 Å². The molecule has 1 saturated heterocycles. The molecule has 2 heterocycles. The van der Waals surface area contributed by atoms with Crippen molar-refractivity contribution in [2.45, 2.75) is 89.4 Å². The smallest absolute Gasteiger partial charge is 0.339 e. The van der Waals surface area contributed by atoms with Gasteiger partial charge in [0.25, 0.3) is 5.91 Å². The van der Waals surface area contributed by atoms with Gasteiger partial charge < -0.3 is 10.1 Å². The second-order valence-corrected chi connectivity index (χ2v) is 11.5. The van der Waals surface area contributed by atoms with Crippen LogP contribution >= 0.6 is 0 Å². The van der Waals surface area contributed by atoms with Crippen molar-refractivity contribution in [1.82, 2.24) is 10.2 Å².